The van der Waals surface area contributed by atoms with Crippen molar-refractivity contribution >= 4 is 33.7 Å². The highest BCUT2D eigenvalue weighted by Gasteiger charge is 2.08. The molecule has 1 amide bonds. The molecule has 0 saturated carbocycles. The van der Waals surface area contributed by atoms with Crippen molar-refractivity contribution in [3.8, 4) is 5.75 Å². The van der Waals surface area contributed by atoms with Crippen LogP contribution in [0, 0.1) is 13.8 Å². The monoisotopic (exact) mass is 376 g/mol. The third-order valence-electron chi connectivity index (χ3n) is 3.40. The van der Waals surface area contributed by atoms with Crippen LogP contribution in [-0.4, -0.2) is 23.9 Å². The number of carbonyl (C=O) groups excluding carboxylic acids is 1. The van der Waals surface area contributed by atoms with Crippen molar-refractivity contribution in [2.45, 2.75) is 13.8 Å². The van der Waals surface area contributed by atoms with Crippen LogP contribution in [0.4, 0.5) is 5.69 Å². The van der Waals surface area contributed by atoms with Gasteiger partial charge in [0.15, 0.2) is 6.61 Å². The number of oxime groups is 1. The van der Waals surface area contributed by atoms with Crippen molar-refractivity contribution in [1.29, 1.82) is 0 Å². The standard InChI is InChI=1S/C17H17BrN2O3/c1-11-4-3-5-15(12(11)2)20-17(21)10-23-16-7-6-13(9-19-22)8-14(16)18/h3-9,22H,10H2,1-2H3,(H,20,21)/b19-9+. The van der Waals surface area contributed by atoms with Gasteiger partial charge in [-0.25, -0.2) is 0 Å². The Morgan fingerprint density at radius 1 is 1.35 bits per heavy atom. The number of benzene rings is 2. The summed E-state index contributed by atoms with van der Waals surface area (Å²) in [5.74, 6) is 0.308. The Morgan fingerprint density at radius 3 is 2.83 bits per heavy atom. The molecular formula is C17H17BrN2O3. The zero-order valence-corrected chi connectivity index (χ0v) is 14.4. The Hall–Kier alpha value is -2.34. The Balaban J connectivity index is 1.98. The molecule has 0 atom stereocenters. The average molecular weight is 377 g/mol. The zero-order valence-electron chi connectivity index (χ0n) is 12.8. The number of carbonyl (C=O) groups is 1. The topological polar surface area (TPSA) is 70.9 Å². The van der Waals surface area contributed by atoms with Gasteiger partial charge in [-0.05, 0) is 70.7 Å². The molecule has 2 aromatic carbocycles. The number of aryl methyl sites for hydroxylation is 1. The van der Waals surface area contributed by atoms with Gasteiger partial charge in [0.2, 0.25) is 0 Å². The molecule has 0 radical (unpaired) electrons. The number of halogens is 1. The summed E-state index contributed by atoms with van der Waals surface area (Å²) in [7, 11) is 0. The van der Waals surface area contributed by atoms with Crippen LogP contribution in [0.15, 0.2) is 46.0 Å². The predicted octanol–water partition coefficient (Wildman–Crippen LogP) is 3.89. The van der Waals surface area contributed by atoms with E-state index in [9.17, 15) is 4.79 Å². The number of rotatable bonds is 5. The van der Waals surface area contributed by atoms with Crippen molar-refractivity contribution in [3.05, 3.63) is 57.6 Å². The quantitative estimate of drug-likeness (QED) is 0.472. The van der Waals surface area contributed by atoms with E-state index in [2.05, 4.69) is 26.4 Å². The first-order valence-electron chi connectivity index (χ1n) is 6.97. The average Bonchev–Trinajstić information content (AvgIpc) is 2.51. The molecule has 6 heteroatoms. The smallest absolute Gasteiger partial charge is 0.262 e. The maximum atomic E-state index is 12.0. The molecule has 0 aliphatic rings. The van der Waals surface area contributed by atoms with Gasteiger partial charge in [0.25, 0.3) is 5.91 Å². The molecule has 0 aromatic heterocycles. The second-order valence-electron chi connectivity index (χ2n) is 5.02. The lowest BCUT2D eigenvalue weighted by molar-refractivity contribution is -0.118. The van der Waals surface area contributed by atoms with Gasteiger partial charge in [-0.2, -0.15) is 0 Å². The second-order valence-corrected chi connectivity index (χ2v) is 5.87. The van der Waals surface area contributed by atoms with Crippen molar-refractivity contribution in [1.82, 2.24) is 0 Å². The van der Waals surface area contributed by atoms with Gasteiger partial charge in [-0.3, -0.25) is 4.79 Å². The summed E-state index contributed by atoms with van der Waals surface area (Å²) in [4.78, 5) is 12.0. The van der Waals surface area contributed by atoms with E-state index in [1.165, 1.54) is 6.21 Å². The lowest BCUT2D eigenvalue weighted by Crippen LogP contribution is -2.20. The van der Waals surface area contributed by atoms with Gasteiger partial charge < -0.3 is 15.3 Å². The minimum atomic E-state index is -0.230. The lowest BCUT2D eigenvalue weighted by atomic mass is 10.1. The van der Waals surface area contributed by atoms with E-state index < -0.39 is 0 Å². The molecule has 0 unspecified atom stereocenters. The Morgan fingerprint density at radius 2 is 2.13 bits per heavy atom. The van der Waals surface area contributed by atoms with Crippen LogP contribution in [0.5, 0.6) is 5.75 Å². The SMILES string of the molecule is Cc1cccc(NC(=O)COc2ccc(/C=N/O)cc2Br)c1C. The molecule has 0 spiro atoms. The van der Waals surface area contributed by atoms with Crippen LogP contribution in [0.1, 0.15) is 16.7 Å². The molecule has 120 valence electrons. The van der Waals surface area contributed by atoms with Crippen LogP contribution < -0.4 is 10.1 Å². The molecule has 2 N–H and O–H groups in total. The number of nitrogens with zero attached hydrogens (tertiary/aromatic N) is 1. The van der Waals surface area contributed by atoms with Gasteiger partial charge >= 0.3 is 0 Å². The summed E-state index contributed by atoms with van der Waals surface area (Å²) < 4.78 is 6.18. The minimum Gasteiger partial charge on any atom is -0.483 e. The Labute approximate surface area is 143 Å². The summed E-state index contributed by atoms with van der Waals surface area (Å²) in [6.07, 6.45) is 1.31. The Kier molecular flexibility index (Phi) is 5.76. The lowest BCUT2D eigenvalue weighted by Gasteiger charge is -2.12. The summed E-state index contributed by atoms with van der Waals surface area (Å²) in [5, 5.41) is 14.3. The normalized spacial score (nSPS) is 10.7. The van der Waals surface area contributed by atoms with Gasteiger partial charge in [0, 0.05) is 5.69 Å². The number of hydrogen-bond donors (Lipinski definition) is 2. The highest BCUT2D eigenvalue weighted by Crippen LogP contribution is 2.25. The van der Waals surface area contributed by atoms with Crippen LogP contribution in [-0.2, 0) is 4.79 Å². The summed E-state index contributed by atoms with van der Waals surface area (Å²) in [6.45, 7) is 3.86. The maximum absolute atomic E-state index is 12.0. The molecule has 0 heterocycles. The van der Waals surface area contributed by atoms with Crippen molar-refractivity contribution in [2.24, 2.45) is 5.16 Å². The first-order chi connectivity index (χ1) is 11.0. The van der Waals surface area contributed by atoms with E-state index in [0.717, 1.165) is 16.8 Å². The van der Waals surface area contributed by atoms with Crippen LogP contribution in [0.25, 0.3) is 0 Å². The van der Waals surface area contributed by atoms with Crippen LogP contribution >= 0.6 is 15.9 Å². The third kappa shape index (κ3) is 4.56. The predicted molar refractivity (Wildman–Crippen MR) is 93.6 cm³/mol. The van der Waals surface area contributed by atoms with E-state index in [1.807, 2.05) is 32.0 Å². The fourth-order valence-electron chi connectivity index (χ4n) is 2.00. The largest absolute Gasteiger partial charge is 0.483 e. The third-order valence-corrected chi connectivity index (χ3v) is 4.02. The zero-order chi connectivity index (χ0) is 16.8. The van der Waals surface area contributed by atoms with Crippen LogP contribution in [0.2, 0.25) is 0 Å². The molecule has 2 rings (SSSR count). The molecule has 0 aliphatic heterocycles. The fourth-order valence-corrected chi connectivity index (χ4v) is 2.51. The number of hydrogen-bond acceptors (Lipinski definition) is 4. The highest BCUT2D eigenvalue weighted by molar-refractivity contribution is 9.10. The summed E-state index contributed by atoms with van der Waals surface area (Å²) >= 11 is 3.36. The highest BCUT2D eigenvalue weighted by atomic mass is 79.9. The molecule has 5 nitrogen and oxygen atoms in total. The maximum Gasteiger partial charge on any atom is 0.262 e. The van der Waals surface area contributed by atoms with E-state index in [-0.39, 0.29) is 12.5 Å². The van der Waals surface area contributed by atoms with E-state index in [0.29, 0.717) is 15.8 Å². The molecule has 2 aromatic rings. The molecule has 0 aliphatic carbocycles. The van der Waals surface area contributed by atoms with Crippen LogP contribution in [0.3, 0.4) is 0 Å². The van der Waals surface area contributed by atoms with Gasteiger partial charge in [-0.15, -0.1) is 0 Å². The first kappa shape index (κ1) is 17.0. The van der Waals surface area contributed by atoms with Crippen molar-refractivity contribution < 1.29 is 14.7 Å². The number of ether oxygens (including phenoxy) is 1. The molecule has 23 heavy (non-hydrogen) atoms. The van der Waals surface area contributed by atoms with E-state index >= 15 is 0 Å². The summed E-state index contributed by atoms with van der Waals surface area (Å²) in [5.41, 5.74) is 3.65. The minimum absolute atomic E-state index is 0.0978. The van der Waals surface area contributed by atoms with E-state index in [1.54, 1.807) is 18.2 Å². The molecule has 0 bridgehead atoms. The van der Waals surface area contributed by atoms with Crippen molar-refractivity contribution in [3.63, 3.8) is 0 Å². The molecule has 0 saturated heterocycles. The van der Waals surface area contributed by atoms with Crippen molar-refractivity contribution in [2.75, 3.05) is 11.9 Å². The van der Waals surface area contributed by atoms with Gasteiger partial charge in [0.1, 0.15) is 5.75 Å². The number of anilines is 1. The summed E-state index contributed by atoms with van der Waals surface area (Å²) in [6, 6.07) is 10.9. The fraction of sp³-hybridized carbons (Fsp3) is 0.176. The molecular weight excluding hydrogens is 360 g/mol. The second kappa shape index (κ2) is 7.78. The molecule has 0 fully saturated rings. The first-order valence-corrected chi connectivity index (χ1v) is 7.76. The van der Waals surface area contributed by atoms with E-state index in [4.69, 9.17) is 9.94 Å². The number of nitrogens with one attached hydrogen (secondary N) is 1. The van der Waals surface area contributed by atoms with Gasteiger partial charge in [0.05, 0.1) is 10.7 Å². The van der Waals surface area contributed by atoms with Gasteiger partial charge in [-0.1, -0.05) is 17.3 Å². The number of amides is 1. The Bertz CT molecular complexity index is 745.